The van der Waals surface area contributed by atoms with Gasteiger partial charge in [-0.3, -0.25) is 4.79 Å². The second-order valence-electron chi connectivity index (χ2n) is 8.93. The van der Waals surface area contributed by atoms with Gasteiger partial charge in [-0.1, -0.05) is 31.2 Å². The number of halogens is 4. The lowest BCUT2D eigenvalue weighted by Gasteiger charge is -2.30. The van der Waals surface area contributed by atoms with Crippen molar-refractivity contribution in [2.75, 3.05) is 12.8 Å². The Balaban J connectivity index is 1.66. The van der Waals surface area contributed by atoms with Crippen LogP contribution in [0.5, 0.6) is 0 Å². The van der Waals surface area contributed by atoms with Gasteiger partial charge in [0.2, 0.25) is 5.91 Å². The predicted octanol–water partition coefficient (Wildman–Crippen LogP) is 4.07. The molecule has 1 saturated heterocycles. The van der Waals surface area contributed by atoms with E-state index in [1.54, 1.807) is 31.2 Å². The first-order chi connectivity index (χ1) is 15.0. The molecule has 172 valence electrons. The van der Waals surface area contributed by atoms with Crippen molar-refractivity contribution in [1.29, 1.82) is 0 Å². The molecular weight excluding hydrogens is 444 g/mol. The topological polar surface area (TPSA) is 55.4 Å². The van der Waals surface area contributed by atoms with Crippen LogP contribution in [0.4, 0.5) is 17.6 Å². The van der Waals surface area contributed by atoms with E-state index in [1.807, 2.05) is 0 Å². The summed E-state index contributed by atoms with van der Waals surface area (Å²) < 4.78 is 71.3. The molecule has 1 N–H and O–H groups in total. The number of benzene rings is 2. The van der Waals surface area contributed by atoms with E-state index in [1.165, 1.54) is 23.3 Å². The van der Waals surface area contributed by atoms with E-state index in [4.69, 9.17) is 0 Å². The van der Waals surface area contributed by atoms with E-state index < -0.39 is 53.0 Å². The number of carbonyl (C=O) groups is 1. The summed E-state index contributed by atoms with van der Waals surface area (Å²) in [7, 11) is 0. The molecule has 1 amide bonds. The largest absolute Gasteiger partial charge is 0.598 e. The molecule has 1 unspecified atom stereocenters. The Labute approximate surface area is 187 Å². The van der Waals surface area contributed by atoms with Crippen LogP contribution < -0.4 is 4.72 Å². The summed E-state index contributed by atoms with van der Waals surface area (Å²) >= 11 is -1.71. The van der Waals surface area contributed by atoms with Crippen LogP contribution in [-0.4, -0.2) is 46.2 Å². The molecule has 0 aromatic heterocycles. The molecule has 1 heterocycles. The first-order valence-electron chi connectivity index (χ1n) is 10.3. The fourth-order valence-corrected chi connectivity index (χ4v) is 4.97. The number of alkyl halides is 2. The molecule has 0 radical (unpaired) electrons. The van der Waals surface area contributed by atoms with Crippen LogP contribution in [0.3, 0.4) is 0 Å². The van der Waals surface area contributed by atoms with Crippen molar-refractivity contribution < 1.29 is 26.9 Å². The lowest BCUT2D eigenvalue weighted by atomic mass is 9.95. The molecule has 4 rings (SSSR count). The number of nitrogens with zero attached hydrogens (tertiary/aromatic N) is 1. The van der Waals surface area contributed by atoms with Crippen LogP contribution in [0.15, 0.2) is 42.5 Å². The summed E-state index contributed by atoms with van der Waals surface area (Å²) in [6, 6.07) is 7.51. The Morgan fingerprint density at radius 2 is 1.81 bits per heavy atom. The van der Waals surface area contributed by atoms with Crippen molar-refractivity contribution in [3.05, 3.63) is 59.7 Å². The summed E-state index contributed by atoms with van der Waals surface area (Å²) in [5.41, 5.74) is 0.850. The van der Waals surface area contributed by atoms with Gasteiger partial charge in [0.05, 0.1) is 12.6 Å². The van der Waals surface area contributed by atoms with E-state index in [0.717, 1.165) is 6.07 Å². The third-order valence-corrected chi connectivity index (χ3v) is 6.84. The molecule has 2 aromatic carbocycles. The van der Waals surface area contributed by atoms with Gasteiger partial charge in [0, 0.05) is 22.8 Å². The van der Waals surface area contributed by atoms with Crippen molar-refractivity contribution in [3.8, 4) is 11.1 Å². The van der Waals surface area contributed by atoms with E-state index in [2.05, 4.69) is 4.72 Å². The zero-order valence-electron chi connectivity index (χ0n) is 17.7. The van der Waals surface area contributed by atoms with Gasteiger partial charge in [-0.15, -0.1) is 4.72 Å². The number of rotatable bonds is 6. The Kier molecular flexibility index (Phi) is 6.02. The van der Waals surface area contributed by atoms with Gasteiger partial charge < -0.3 is 9.45 Å². The third-order valence-electron chi connectivity index (χ3n) is 6.26. The quantitative estimate of drug-likeness (QED) is 0.514. The Bertz CT molecular complexity index is 1010. The molecule has 0 bridgehead atoms. The molecule has 2 fully saturated rings. The summed E-state index contributed by atoms with van der Waals surface area (Å²) in [6.45, 7) is 1.03. The monoisotopic (exact) mass is 468 g/mol. The standard InChI is InChI=1S/C23H24F4N2O2S/c1-22(6-7-22)21(30)29-13-23(26,27)20(28-32(2)31)19(29)9-14-4-3-5-15(8-14)16-10-17(24)12-18(25)11-16/h3-5,8,10-12,19-20,28H,6-7,9,13H2,1-2H3/t19-,20+,32?/m0/s1. The molecule has 3 atom stereocenters. The van der Waals surface area contributed by atoms with Crippen molar-refractivity contribution in [1.82, 2.24) is 9.62 Å². The highest BCUT2D eigenvalue weighted by Crippen LogP contribution is 2.49. The summed E-state index contributed by atoms with van der Waals surface area (Å²) in [5, 5.41) is 0. The zero-order valence-corrected chi connectivity index (χ0v) is 18.5. The van der Waals surface area contributed by atoms with E-state index in [0.29, 0.717) is 29.5 Å². The summed E-state index contributed by atoms with van der Waals surface area (Å²) in [4.78, 5) is 14.2. The second-order valence-corrected chi connectivity index (χ2v) is 10.1. The highest BCUT2D eigenvalue weighted by atomic mass is 32.2. The van der Waals surface area contributed by atoms with E-state index in [9.17, 15) is 26.9 Å². The van der Waals surface area contributed by atoms with Crippen LogP contribution in [0.1, 0.15) is 25.3 Å². The maximum Gasteiger partial charge on any atom is 0.286 e. The molecule has 4 nitrogen and oxygen atoms in total. The van der Waals surface area contributed by atoms with Crippen molar-refractivity contribution in [2.24, 2.45) is 5.41 Å². The van der Waals surface area contributed by atoms with Crippen molar-refractivity contribution in [3.63, 3.8) is 0 Å². The minimum Gasteiger partial charge on any atom is -0.598 e. The third kappa shape index (κ3) is 4.65. The number of likely N-dealkylation sites (tertiary alicyclic amines) is 1. The molecule has 2 aliphatic rings. The Morgan fingerprint density at radius 1 is 1.16 bits per heavy atom. The summed E-state index contributed by atoms with van der Waals surface area (Å²) in [5.74, 6) is -5.01. The fourth-order valence-electron chi connectivity index (χ4n) is 4.29. The minimum atomic E-state index is -3.25. The number of carbonyl (C=O) groups excluding carboxylic acids is 1. The van der Waals surface area contributed by atoms with E-state index >= 15 is 0 Å². The average Bonchev–Trinajstić information content (AvgIpc) is 3.41. The van der Waals surface area contributed by atoms with Gasteiger partial charge in [0.1, 0.15) is 23.9 Å². The smallest absolute Gasteiger partial charge is 0.286 e. The number of nitrogens with one attached hydrogen (secondary N) is 1. The van der Waals surface area contributed by atoms with Crippen LogP contribution in [0.25, 0.3) is 11.1 Å². The fraction of sp³-hybridized carbons (Fsp3) is 0.435. The second kappa shape index (κ2) is 8.35. The van der Waals surface area contributed by atoms with E-state index in [-0.39, 0.29) is 12.3 Å². The van der Waals surface area contributed by atoms with Crippen LogP contribution in [0, 0.1) is 17.0 Å². The van der Waals surface area contributed by atoms with Gasteiger partial charge >= 0.3 is 0 Å². The highest BCUT2D eigenvalue weighted by Gasteiger charge is 2.60. The minimum absolute atomic E-state index is 0.0813. The van der Waals surface area contributed by atoms with Gasteiger partial charge in [-0.2, -0.15) is 0 Å². The van der Waals surface area contributed by atoms with Gasteiger partial charge in [-0.25, -0.2) is 17.6 Å². The SMILES string of the molecule is C[S+]([O-])N[C@@H]1[C@H](Cc2cccc(-c3cc(F)cc(F)c3)c2)N(C(=O)C2(C)CC2)CC1(F)F. The summed E-state index contributed by atoms with van der Waals surface area (Å²) in [6.07, 6.45) is 2.66. The number of hydrogen-bond donors (Lipinski definition) is 1. The first kappa shape index (κ1) is 23.1. The van der Waals surface area contributed by atoms with Crippen LogP contribution >= 0.6 is 0 Å². The zero-order chi connectivity index (χ0) is 23.3. The molecule has 0 spiro atoms. The molecule has 1 aliphatic heterocycles. The highest BCUT2D eigenvalue weighted by molar-refractivity contribution is 7.88. The van der Waals surface area contributed by atoms with Gasteiger partial charge in [0.15, 0.2) is 0 Å². The molecule has 32 heavy (non-hydrogen) atoms. The average molecular weight is 469 g/mol. The normalized spacial score (nSPS) is 24.4. The maximum absolute atomic E-state index is 14.9. The predicted molar refractivity (Wildman–Crippen MR) is 114 cm³/mol. The maximum atomic E-state index is 14.9. The van der Waals surface area contributed by atoms with Crippen LogP contribution in [0.2, 0.25) is 0 Å². The molecule has 2 aromatic rings. The molecule has 1 aliphatic carbocycles. The van der Waals surface area contributed by atoms with Crippen molar-refractivity contribution in [2.45, 2.75) is 44.2 Å². The number of amides is 1. The Hall–Kier alpha value is -2.10. The van der Waals surface area contributed by atoms with Gasteiger partial charge in [-0.05, 0) is 48.1 Å². The van der Waals surface area contributed by atoms with Crippen molar-refractivity contribution >= 4 is 17.3 Å². The molecule has 9 heteroatoms. The molecule has 1 saturated carbocycles. The molecular formula is C23H24F4N2O2S. The lowest BCUT2D eigenvalue weighted by molar-refractivity contribution is -0.138. The van der Waals surface area contributed by atoms with Gasteiger partial charge in [0.25, 0.3) is 5.92 Å². The first-order valence-corrected chi connectivity index (χ1v) is 11.9. The van der Waals surface area contributed by atoms with Crippen LogP contribution in [-0.2, 0) is 22.6 Å². The lowest BCUT2D eigenvalue weighted by Crippen LogP contribution is -2.52. The number of hydrogen-bond acceptors (Lipinski definition) is 3. The Morgan fingerprint density at radius 3 is 2.41 bits per heavy atom.